The van der Waals surface area contributed by atoms with E-state index in [0.29, 0.717) is 0 Å². The van der Waals surface area contributed by atoms with Crippen molar-refractivity contribution in [3.63, 3.8) is 0 Å². The maximum atomic E-state index is 12.8. The summed E-state index contributed by atoms with van der Waals surface area (Å²) >= 11 is 10.4. The number of amides is 1. The number of ether oxygens (including phenoxy) is 1. The summed E-state index contributed by atoms with van der Waals surface area (Å²) in [5, 5.41) is -2.34. The van der Waals surface area contributed by atoms with Crippen LogP contribution in [0.4, 0.5) is 52.7 Å². The minimum Gasteiger partial charge on any atom is -0.465 e. The highest BCUT2D eigenvalue weighted by Crippen LogP contribution is 2.42. The first-order valence-electron chi connectivity index (χ1n) is 9.50. The Morgan fingerprint density at radius 3 is 1.27 bits per heavy atom. The number of nitrogens with two attached hydrogens (primary N) is 2. The van der Waals surface area contributed by atoms with E-state index in [9.17, 15) is 62.3 Å². The maximum Gasteiger partial charge on any atom is 0.417 e. The second-order valence-electron chi connectivity index (χ2n) is 7.08. The molecule has 0 unspecified atom stereocenters. The molecule has 2 aromatic rings. The molecule has 0 aromatic heterocycles. The van der Waals surface area contributed by atoms with E-state index in [1.54, 1.807) is 0 Å². The van der Waals surface area contributed by atoms with E-state index in [1.165, 1.54) is 0 Å². The number of carbonyl (C=O) groups excluding carboxylic acids is 2. The van der Waals surface area contributed by atoms with E-state index in [4.69, 9.17) is 34.7 Å². The molecular weight excluding hydrogens is 629 g/mol. The first-order valence-corrected chi connectivity index (χ1v) is 10.3. The van der Waals surface area contributed by atoms with Crippen molar-refractivity contribution in [2.75, 3.05) is 7.11 Å². The fraction of sp³-hybridized carbons (Fsp3) is 0.250. The van der Waals surface area contributed by atoms with Gasteiger partial charge in [0.25, 0.3) is 5.91 Å². The fourth-order valence-corrected chi connectivity index (χ4v) is 3.22. The van der Waals surface area contributed by atoms with Crippen molar-refractivity contribution < 1.29 is 67.0 Å². The van der Waals surface area contributed by atoms with Crippen molar-refractivity contribution in [3.8, 4) is 0 Å². The lowest BCUT2D eigenvalue weighted by Crippen LogP contribution is -2.25. The Balaban J connectivity index is 0.000000402. The zero-order valence-corrected chi connectivity index (χ0v) is 20.4. The van der Waals surface area contributed by atoms with Gasteiger partial charge in [0, 0.05) is 0 Å². The summed E-state index contributed by atoms with van der Waals surface area (Å²) in [6.07, 6.45) is -20.2. The molecule has 0 aliphatic rings. The molecule has 4 N–H and O–H groups in total. The van der Waals surface area contributed by atoms with Gasteiger partial charge in [-0.05, 0) is 24.3 Å². The first-order chi connectivity index (χ1) is 17.8. The fourth-order valence-electron chi connectivity index (χ4n) is 2.68. The molecule has 0 saturated carbocycles. The van der Waals surface area contributed by atoms with Crippen LogP contribution in [0.25, 0.3) is 0 Å². The monoisotopic (exact) mass is 639 g/mol. The molecule has 0 aliphatic heterocycles. The predicted molar refractivity (Wildman–Crippen MR) is 114 cm³/mol. The minimum absolute atomic E-state index is 0.000159. The average molecular weight is 640 g/mol. The van der Waals surface area contributed by atoms with Gasteiger partial charge >= 0.3 is 30.7 Å². The number of esters is 1. The number of benzene rings is 2. The normalized spacial score (nSPS) is 12.3. The third kappa shape index (κ3) is 8.80. The Labute approximate surface area is 224 Å². The summed E-state index contributed by atoms with van der Waals surface area (Å²) in [5.74, 6) is -4.09. The van der Waals surface area contributed by atoms with Gasteiger partial charge in [0.2, 0.25) is 0 Å². The lowest BCUT2D eigenvalue weighted by atomic mass is 10.0. The van der Waals surface area contributed by atoms with Crippen LogP contribution in [0.15, 0.2) is 29.3 Å². The first kappa shape index (κ1) is 34.6. The molecule has 2 rings (SSSR count). The van der Waals surface area contributed by atoms with Gasteiger partial charge < -0.3 is 16.2 Å². The van der Waals surface area contributed by atoms with Gasteiger partial charge in [-0.25, -0.2) is 4.79 Å². The standard InChI is InChI=1S/C10H6ClF6N3O.C10H5ClF6O2/c11-6-2-4(9(12,13)14)3(7(21)20-8(18)19)1-5(6)10(15,16)17;1-19-8(18)4-2-6(10(15,16)17)7(11)3-5(4)9(12,13)14/h1-2H,(H4,18,19,20,21);2-3H,1H3. The van der Waals surface area contributed by atoms with Crippen LogP contribution in [0.2, 0.25) is 10.0 Å². The summed E-state index contributed by atoms with van der Waals surface area (Å²) in [5.41, 5.74) is 0.643. The quantitative estimate of drug-likeness (QED) is 0.160. The van der Waals surface area contributed by atoms with Crippen molar-refractivity contribution in [2.45, 2.75) is 24.7 Å². The second kappa shape index (κ2) is 12.0. The van der Waals surface area contributed by atoms with Gasteiger partial charge in [-0.1, -0.05) is 23.2 Å². The second-order valence-corrected chi connectivity index (χ2v) is 7.89. The smallest absolute Gasteiger partial charge is 0.417 e. The number of methoxy groups -OCH3 is 1. The summed E-state index contributed by atoms with van der Waals surface area (Å²) in [7, 11) is 0.754. The molecule has 0 spiro atoms. The van der Waals surface area contributed by atoms with Crippen LogP contribution in [0.3, 0.4) is 0 Å². The Bertz CT molecular complexity index is 1310. The van der Waals surface area contributed by atoms with Crippen LogP contribution >= 0.6 is 23.2 Å². The van der Waals surface area contributed by atoms with E-state index >= 15 is 0 Å². The minimum atomic E-state index is -5.11. The van der Waals surface area contributed by atoms with Crippen LogP contribution in [-0.4, -0.2) is 24.9 Å². The lowest BCUT2D eigenvalue weighted by Gasteiger charge is -2.16. The SMILES string of the molecule is COC(=O)c1cc(C(F)(F)F)c(Cl)cc1C(F)(F)F.NC(N)=NC(=O)c1cc(C(F)(F)F)c(Cl)cc1C(F)(F)F. The highest BCUT2D eigenvalue weighted by Gasteiger charge is 2.42. The molecular formula is C20H11Cl2F12N3O3. The van der Waals surface area contributed by atoms with Gasteiger partial charge in [0.1, 0.15) is 0 Å². The van der Waals surface area contributed by atoms with Gasteiger partial charge in [0.15, 0.2) is 5.96 Å². The number of nitrogens with zero attached hydrogens (tertiary/aromatic N) is 1. The molecule has 0 radical (unpaired) electrons. The summed E-state index contributed by atoms with van der Waals surface area (Å²) < 4.78 is 155. The van der Waals surface area contributed by atoms with Crippen molar-refractivity contribution in [1.82, 2.24) is 0 Å². The molecule has 0 fully saturated rings. The zero-order chi connectivity index (χ0) is 31.6. The van der Waals surface area contributed by atoms with E-state index in [1.807, 2.05) is 0 Å². The Morgan fingerprint density at radius 2 is 0.975 bits per heavy atom. The van der Waals surface area contributed by atoms with Gasteiger partial charge in [0.05, 0.1) is 50.5 Å². The van der Waals surface area contributed by atoms with E-state index < -0.39 is 86.0 Å². The van der Waals surface area contributed by atoms with Crippen molar-refractivity contribution in [1.29, 1.82) is 0 Å². The molecule has 1 amide bonds. The van der Waals surface area contributed by atoms with Crippen LogP contribution in [0.1, 0.15) is 43.0 Å². The van der Waals surface area contributed by atoms with Crippen molar-refractivity contribution in [3.05, 3.63) is 67.7 Å². The average Bonchev–Trinajstić information content (AvgIpc) is 2.75. The number of halogens is 14. The molecule has 0 atom stereocenters. The Morgan fingerprint density at radius 1 is 0.650 bits per heavy atom. The molecule has 0 heterocycles. The number of hydrogen-bond acceptors (Lipinski definition) is 3. The van der Waals surface area contributed by atoms with Gasteiger partial charge in [-0.3, -0.25) is 4.79 Å². The number of hydrogen-bond donors (Lipinski definition) is 2. The molecule has 0 aliphatic carbocycles. The number of alkyl halides is 12. The molecule has 20 heteroatoms. The van der Waals surface area contributed by atoms with Crippen LogP contribution in [0.5, 0.6) is 0 Å². The molecule has 2 aromatic carbocycles. The predicted octanol–water partition coefficient (Wildman–Crippen LogP) is 6.96. The van der Waals surface area contributed by atoms with Crippen molar-refractivity contribution in [2.24, 2.45) is 16.5 Å². The highest BCUT2D eigenvalue weighted by molar-refractivity contribution is 6.32. The summed E-state index contributed by atoms with van der Waals surface area (Å²) in [6.45, 7) is 0. The molecule has 0 saturated heterocycles. The van der Waals surface area contributed by atoms with E-state index in [2.05, 4.69) is 9.73 Å². The number of rotatable bonds is 2. The van der Waals surface area contributed by atoms with Crippen LogP contribution in [-0.2, 0) is 29.4 Å². The maximum absolute atomic E-state index is 12.8. The Kier molecular flexibility index (Phi) is 10.4. The molecule has 0 bridgehead atoms. The largest absolute Gasteiger partial charge is 0.465 e. The number of guanidine groups is 1. The third-order valence-corrected chi connectivity index (χ3v) is 4.93. The van der Waals surface area contributed by atoms with Gasteiger partial charge in [-0.15, -0.1) is 0 Å². The highest BCUT2D eigenvalue weighted by atomic mass is 35.5. The van der Waals surface area contributed by atoms with Crippen LogP contribution in [0, 0.1) is 0 Å². The van der Waals surface area contributed by atoms with Crippen LogP contribution < -0.4 is 11.5 Å². The molecule has 6 nitrogen and oxygen atoms in total. The van der Waals surface area contributed by atoms with Gasteiger partial charge in [-0.2, -0.15) is 57.7 Å². The summed E-state index contributed by atoms with van der Waals surface area (Å²) in [4.78, 5) is 25.4. The Hall–Kier alpha value is -3.41. The number of carbonyl (C=O) groups is 2. The zero-order valence-electron chi connectivity index (χ0n) is 18.9. The molecule has 222 valence electrons. The lowest BCUT2D eigenvalue weighted by molar-refractivity contribution is -0.141. The van der Waals surface area contributed by atoms with E-state index in [0.717, 1.165) is 7.11 Å². The molecule has 40 heavy (non-hydrogen) atoms. The topological polar surface area (TPSA) is 108 Å². The third-order valence-electron chi connectivity index (χ3n) is 4.30. The summed E-state index contributed by atoms with van der Waals surface area (Å²) in [6, 6.07) is 0.0351. The van der Waals surface area contributed by atoms with E-state index in [-0.39, 0.29) is 24.3 Å². The van der Waals surface area contributed by atoms with Crippen molar-refractivity contribution >= 4 is 41.0 Å². The number of aliphatic imine (C=N–C) groups is 1.